The molecule has 0 amide bonds. The molecule has 2 aromatic heterocycles. The van der Waals surface area contributed by atoms with Gasteiger partial charge in [0.25, 0.3) is 0 Å². The second-order valence-corrected chi connectivity index (χ2v) is 8.49. The lowest BCUT2D eigenvalue weighted by Crippen LogP contribution is -2.12. The van der Waals surface area contributed by atoms with E-state index in [1.807, 2.05) is 18.2 Å². The number of benzene rings is 2. The first kappa shape index (κ1) is 21.6. The van der Waals surface area contributed by atoms with Crippen LogP contribution < -0.4 is 5.32 Å². The Kier molecular flexibility index (Phi) is 6.21. The molecule has 32 heavy (non-hydrogen) atoms. The molecule has 2 aromatic carbocycles. The lowest BCUT2D eigenvalue weighted by Gasteiger charge is -2.12. The number of carboxylic acid groups (broad SMARTS) is 1. The molecule has 2 heterocycles. The Morgan fingerprint density at radius 1 is 1.09 bits per heavy atom. The van der Waals surface area contributed by atoms with E-state index < -0.39 is 5.97 Å². The fourth-order valence-electron chi connectivity index (χ4n) is 4.12. The van der Waals surface area contributed by atoms with Crippen molar-refractivity contribution in [2.75, 3.05) is 11.9 Å². The van der Waals surface area contributed by atoms with E-state index in [9.17, 15) is 9.90 Å². The van der Waals surface area contributed by atoms with Gasteiger partial charge in [0.15, 0.2) is 0 Å². The summed E-state index contributed by atoms with van der Waals surface area (Å²) >= 11 is 0. The number of hydrogen-bond acceptors (Lipinski definition) is 4. The number of aromatic nitrogens is 3. The predicted molar refractivity (Wildman–Crippen MR) is 128 cm³/mol. The summed E-state index contributed by atoms with van der Waals surface area (Å²) in [5.41, 5.74) is 5.30. The Bertz CT molecular complexity index is 1260. The third kappa shape index (κ3) is 4.64. The Labute approximate surface area is 188 Å². The zero-order valence-corrected chi connectivity index (χ0v) is 18.7. The highest BCUT2D eigenvalue weighted by Gasteiger charge is 2.13. The van der Waals surface area contributed by atoms with Gasteiger partial charge >= 0.3 is 5.97 Å². The number of anilines is 1. The third-order valence-corrected chi connectivity index (χ3v) is 5.59. The van der Waals surface area contributed by atoms with Gasteiger partial charge < -0.3 is 15.0 Å². The average molecular weight is 429 g/mol. The Morgan fingerprint density at radius 3 is 2.69 bits per heavy atom. The van der Waals surface area contributed by atoms with Gasteiger partial charge in [-0.25, -0.2) is 14.8 Å². The van der Waals surface area contributed by atoms with E-state index in [1.54, 1.807) is 12.4 Å². The highest BCUT2D eigenvalue weighted by molar-refractivity contribution is 5.90. The number of nitrogens with one attached hydrogen (secondary N) is 1. The summed E-state index contributed by atoms with van der Waals surface area (Å²) in [6.45, 7) is 7.84. The summed E-state index contributed by atoms with van der Waals surface area (Å²) in [4.78, 5) is 20.4. The van der Waals surface area contributed by atoms with E-state index in [4.69, 9.17) is 0 Å². The Hall–Kier alpha value is -3.67. The monoisotopic (exact) mass is 428 g/mol. The molecular weight excluding hydrogens is 400 g/mol. The van der Waals surface area contributed by atoms with Gasteiger partial charge in [-0.2, -0.15) is 0 Å². The molecule has 0 aliphatic carbocycles. The molecule has 0 fully saturated rings. The van der Waals surface area contributed by atoms with Crippen LogP contribution in [-0.2, 0) is 13.0 Å². The molecule has 0 radical (unpaired) electrons. The van der Waals surface area contributed by atoms with Crippen molar-refractivity contribution in [3.05, 3.63) is 77.7 Å². The highest BCUT2D eigenvalue weighted by atomic mass is 16.4. The smallest absolute Gasteiger partial charge is 0.335 e. The molecule has 2 N–H and O–H groups in total. The maximum absolute atomic E-state index is 11.6. The minimum Gasteiger partial charge on any atom is -0.478 e. The van der Waals surface area contributed by atoms with Crippen LogP contribution in [0.15, 0.2) is 60.9 Å². The van der Waals surface area contributed by atoms with Gasteiger partial charge in [0.05, 0.1) is 11.3 Å². The van der Waals surface area contributed by atoms with Crippen molar-refractivity contribution in [1.82, 2.24) is 14.5 Å². The maximum atomic E-state index is 11.6. The minimum absolute atomic E-state index is 0.351. The van der Waals surface area contributed by atoms with E-state index in [1.165, 1.54) is 16.6 Å². The van der Waals surface area contributed by atoms with Crippen LogP contribution in [0.25, 0.3) is 22.2 Å². The van der Waals surface area contributed by atoms with Gasteiger partial charge in [-0.3, -0.25) is 0 Å². The largest absolute Gasteiger partial charge is 0.478 e. The van der Waals surface area contributed by atoms with Crippen LogP contribution in [-0.4, -0.2) is 32.2 Å². The number of aromatic carboxylic acids is 1. The summed E-state index contributed by atoms with van der Waals surface area (Å²) in [5, 5.41) is 14.1. The molecule has 0 spiro atoms. The molecule has 0 bridgehead atoms. The molecule has 6 nitrogen and oxygen atoms in total. The lowest BCUT2D eigenvalue weighted by molar-refractivity contribution is 0.0695. The van der Waals surface area contributed by atoms with Crippen molar-refractivity contribution in [3.63, 3.8) is 0 Å². The number of para-hydroxylation sites is 1. The van der Waals surface area contributed by atoms with Crippen LogP contribution in [0.4, 0.5) is 5.82 Å². The number of fused-ring (bicyclic) bond motifs is 1. The lowest BCUT2D eigenvalue weighted by atomic mass is 9.95. The molecule has 0 saturated heterocycles. The molecular formula is C26H28N4O2. The number of hydrogen-bond donors (Lipinski definition) is 2. The molecule has 4 rings (SSSR count). The van der Waals surface area contributed by atoms with E-state index in [-0.39, 0.29) is 0 Å². The van der Waals surface area contributed by atoms with Gasteiger partial charge in [0, 0.05) is 35.9 Å². The third-order valence-electron chi connectivity index (χ3n) is 5.59. The van der Waals surface area contributed by atoms with Gasteiger partial charge in [-0.05, 0) is 54.5 Å². The van der Waals surface area contributed by atoms with Gasteiger partial charge in [0.2, 0.25) is 0 Å². The van der Waals surface area contributed by atoms with Crippen LogP contribution >= 0.6 is 0 Å². The van der Waals surface area contributed by atoms with Crippen molar-refractivity contribution in [2.24, 2.45) is 5.92 Å². The highest BCUT2D eigenvalue weighted by Crippen LogP contribution is 2.24. The van der Waals surface area contributed by atoms with E-state index in [2.05, 4.69) is 71.0 Å². The minimum atomic E-state index is -0.898. The molecule has 164 valence electrons. The van der Waals surface area contributed by atoms with Crippen LogP contribution in [0.2, 0.25) is 0 Å². The molecule has 6 heteroatoms. The van der Waals surface area contributed by atoms with Crippen molar-refractivity contribution in [1.29, 1.82) is 0 Å². The number of carbonyl (C=O) groups is 1. The molecule has 0 aliphatic heterocycles. The first-order chi connectivity index (χ1) is 15.4. The second-order valence-electron chi connectivity index (χ2n) is 8.49. The number of nitrogens with zero attached hydrogens (tertiary/aromatic N) is 3. The number of aryl methyl sites for hydroxylation is 1. The Morgan fingerprint density at radius 2 is 1.91 bits per heavy atom. The Balaban J connectivity index is 1.51. The van der Waals surface area contributed by atoms with Crippen LogP contribution in [0.1, 0.15) is 35.5 Å². The topological polar surface area (TPSA) is 80.0 Å². The van der Waals surface area contributed by atoms with Crippen molar-refractivity contribution in [2.45, 2.75) is 33.7 Å². The summed E-state index contributed by atoms with van der Waals surface area (Å²) in [6, 6.07) is 17.9. The van der Waals surface area contributed by atoms with E-state index >= 15 is 0 Å². The van der Waals surface area contributed by atoms with Gasteiger partial charge in [-0.15, -0.1) is 0 Å². The quantitative estimate of drug-likeness (QED) is 0.392. The van der Waals surface area contributed by atoms with Crippen molar-refractivity contribution >= 4 is 22.7 Å². The SMILES string of the molecule is Cc1cc2ccccc2n1CCNc1cc(-c2ccc(C(=O)O)c(CC(C)C)c2)ncn1. The van der Waals surface area contributed by atoms with E-state index in [0.29, 0.717) is 17.9 Å². The maximum Gasteiger partial charge on any atom is 0.335 e. The fraction of sp³-hybridized carbons (Fsp3) is 0.269. The first-order valence-electron chi connectivity index (χ1n) is 10.9. The predicted octanol–water partition coefficient (Wildman–Crippen LogP) is 5.42. The fourth-order valence-corrected chi connectivity index (χ4v) is 4.12. The van der Waals surface area contributed by atoms with Crippen LogP contribution in [0.3, 0.4) is 0 Å². The summed E-state index contributed by atoms with van der Waals surface area (Å²) in [7, 11) is 0. The normalized spacial score (nSPS) is 11.2. The summed E-state index contributed by atoms with van der Waals surface area (Å²) in [5.74, 6) is 0.209. The standard InChI is InChI=1S/C26H28N4O2/c1-17(2)12-21-14-19(8-9-22(21)26(31)32)23-15-25(29-16-28-23)27-10-11-30-18(3)13-20-6-4-5-7-24(20)30/h4-9,13-17H,10-12H2,1-3H3,(H,31,32)(H,27,28,29). The molecule has 0 atom stereocenters. The summed E-state index contributed by atoms with van der Waals surface area (Å²) in [6.07, 6.45) is 2.25. The molecule has 0 aliphatic rings. The van der Waals surface area contributed by atoms with Crippen molar-refractivity contribution < 1.29 is 9.90 Å². The molecule has 0 unspecified atom stereocenters. The van der Waals surface area contributed by atoms with Crippen LogP contribution in [0.5, 0.6) is 0 Å². The van der Waals surface area contributed by atoms with Gasteiger partial charge in [0.1, 0.15) is 12.1 Å². The summed E-state index contributed by atoms with van der Waals surface area (Å²) < 4.78 is 2.30. The van der Waals surface area contributed by atoms with E-state index in [0.717, 1.165) is 35.7 Å². The first-order valence-corrected chi connectivity index (χ1v) is 10.9. The second kappa shape index (κ2) is 9.22. The number of rotatable bonds is 8. The zero-order valence-electron chi connectivity index (χ0n) is 18.7. The molecule has 4 aromatic rings. The number of carboxylic acids is 1. The van der Waals surface area contributed by atoms with Crippen molar-refractivity contribution in [3.8, 4) is 11.3 Å². The molecule has 0 saturated carbocycles. The zero-order chi connectivity index (χ0) is 22.7. The average Bonchev–Trinajstić information content (AvgIpc) is 3.08. The van der Waals surface area contributed by atoms with Crippen LogP contribution in [0, 0.1) is 12.8 Å². The van der Waals surface area contributed by atoms with Gasteiger partial charge in [-0.1, -0.05) is 38.1 Å².